The van der Waals surface area contributed by atoms with Gasteiger partial charge in [-0.25, -0.2) is 0 Å². The predicted molar refractivity (Wildman–Crippen MR) is 154 cm³/mol. The Balaban J connectivity index is 2.41. The lowest BCUT2D eigenvalue weighted by atomic mass is 9.84. The summed E-state index contributed by atoms with van der Waals surface area (Å²) >= 11 is 0. The van der Waals surface area contributed by atoms with E-state index >= 15 is 0 Å². The maximum atomic E-state index is 6.34. The largest absolute Gasteiger partial charge is 0.350 e. The molecule has 0 aromatic heterocycles. The average molecular weight is 501 g/mol. The molecule has 1 aliphatic heterocycles. The normalized spacial score (nSPS) is 30.0. The SMILES string of the molecule is CCC1=C(CC)/C(CC)=C(/[Si](C)(C)C)C2=C(CC3(COC(C)(C)OC3)C2)/C([Si](C)(C)C)=C\1CC. The van der Waals surface area contributed by atoms with Crippen LogP contribution in [-0.4, -0.2) is 35.1 Å². The zero-order valence-electron chi connectivity index (χ0n) is 24.5. The second kappa shape index (κ2) is 9.65. The van der Waals surface area contributed by atoms with Gasteiger partial charge in [0.05, 0.1) is 29.4 Å². The Bertz CT molecular complexity index is 871. The highest BCUT2D eigenvalue weighted by Gasteiger charge is 2.49. The number of ether oxygens (including phenoxy) is 2. The van der Waals surface area contributed by atoms with Crippen molar-refractivity contribution in [1.29, 1.82) is 0 Å². The van der Waals surface area contributed by atoms with Crippen LogP contribution in [-0.2, 0) is 9.47 Å². The van der Waals surface area contributed by atoms with Crippen LogP contribution in [0.15, 0.2) is 43.8 Å². The van der Waals surface area contributed by atoms with Crippen LogP contribution in [0.25, 0.3) is 0 Å². The summed E-state index contributed by atoms with van der Waals surface area (Å²) in [6.07, 6.45) is 6.77. The van der Waals surface area contributed by atoms with E-state index < -0.39 is 21.9 Å². The van der Waals surface area contributed by atoms with Crippen LogP contribution in [0.3, 0.4) is 0 Å². The van der Waals surface area contributed by atoms with E-state index in [2.05, 4.69) is 80.8 Å². The fourth-order valence-corrected chi connectivity index (χ4v) is 11.7. The van der Waals surface area contributed by atoms with Crippen LogP contribution in [0.4, 0.5) is 0 Å². The smallest absolute Gasteiger partial charge is 0.162 e. The van der Waals surface area contributed by atoms with Gasteiger partial charge >= 0.3 is 0 Å². The van der Waals surface area contributed by atoms with Crippen molar-refractivity contribution in [2.75, 3.05) is 13.2 Å². The van der Waals surface area contributed by atoms with Gasteiger partial charge in [-0.2, -0.15) is 0 Å². The van der Waals surface area contributed by atoms with E-state index in [1.54, 1.807) is 43.8 Å². The first kappa shape index (κ1) is 27.9. The Morgan fingerprint density at radius 3 is 1.18 bits per heavy atom. The number of hydrogen-bond acceptors (Lipinski definition) is 2. The second-order valence-corrected chi connectivity index (χ2v) is 23.4. The van der Waals surface area contributed by atoms with E-state index in [1.807, 2.05) is 0 Å². The number of hydrogen-bond donors (Lipinski definition) is 0. The van der Waals surface area contributed by atoms with Crippen LogP contribution in [0, 0.1) is 5.41 Å². The fraction of sp³-hybridized carbons (Fsp3) is 0.733. The molecule has 0 unspecified atom stereocenters. The van der Waals surface area contributed by atoms with E-state index in [1.165, 1.54) is 0 Å². The molecule has 3 rings (SSSR count). The zero-order chi connectivity index (χ0) is 25.7. The van der Waals surface area contributed by atoms with Gasteiger partial charge in [0.15, 0.2) is 5.79 Å². The summed E-state index contributed by atoms with van der Waals surface area (Å²) in [6.45, 7) is 30.8. The van der Waals surface area contributed by atoms with Gasteiger partial charge in [0, 0.05) is 5.41 Å². The summed E-state index contributed by atoms with van der Waals surface area (Å²) in [5.74, 6) is -0.466. The first-order valence-electron chi connectivity index (χ1n) is 13.8. The average Bonchev–Trinajstić information content (AvgIpc) is 3.06. The molecule has 34 heavy (non-hydrogen) atoms. The Labute approximate surface area is 213 Å². The van der Waals surface area contributed by atoms with E-state index in [-0.39, 0.29) is 5.41 Å². The molecule has 192 valence electrons. The highest BCUT2D eigenvalue weighted by molar-refractivity contribution is 6.85. The molecule has 2 nitrogen and oxygen atoms in total. The standard InChI is InChI=1S/C30H52O2Si2/c1-13-21-22(14-2)24(16-4)28(34(10,11)12)26-18-30(19-31-29(5,6)32-20-30)17-25(26)27(23(21)15-3)33(7,8)9/h13-20H2,1-12H3/b22-21-,23-21?,24-22?,27-23+,27-25?,28-24+,28-26?. The third-order valence-corrected chi connectivity index (χ3v) is 12.3. The maximum Gasteiger partial charge on any atom is 0.162 e. The third-order valence-electron chi connectivity index (χ3n) is 8.13. The van der Waals surface area contributed by atoms with Crippen molar-refractivity contribution < 1.29 is 9.47 Å². The maximum absolute atomic E-state index is 6.34. The van der Waals surface area contributed by atoms with Gasteiger partial charge in [-0.05, 0) is 85.8 Å². The molecule has 0 amide bonds. The number of allylic oxidation sites excluding steroid dienone is 8. The molecule has 0 radical (unpaired) electrons. The molecule has 1 fully saturated rings. The molecule has 0 aromatic carbocycles. The van der Waals surface area contributed by atoms with Gasteiger partial charge in [-0.3, -0.25) is 0 Å². The minimum absolute atomic E-state index is 0.0801. The molecule has 2 aliphatic carbocycles. The van der Waals surface area contributed by atoms with Crippen molar-refractivity contribution in [3.63, 3.8) is 0 Å². The lowest BCUT2D eigenvalue weighted by Gasteiger charge is -2.42. The molecule has 1 spiro atoms. The third kappa shape index (κ3) is 5.07. The van der Waals surface area contributed by atoms with E-state index in [9.17, 15) is 0 Å². The van der Waals surface area contributed by atoms with E-state index in [0.717, 1.165) is 51.7 Å². The fourth-order valence-electron chi connectivity index (χ4n) is 6.92. The second-order valence-electron chi connectivity index (χ2n) is 13.4. The van der Waals surface area contributed by atoms with Crippen LogP contribution >= 0.6 is 0 Å². The molecule has 0 atom stereocenters. The van der Waals surface area contributed by atoms with E-state index in [4.69, 9.17) is 9.47 Å². The molecule has 0 N–H and O–H groups in total. The lowest BCUT2D eigenvalue weighted by molar-refractivity contribution is -0.283. The molecule has 3 aliphatic rings. The summed E-state index contributed by atoms with van der Waals surface area (Å²) < 4.78 is 12.7. The van der Waals surface area contributed by atoms with Crippen LogP contribution in [0.1, 0.15) is 80.1 Å². The van der Waals surface area contributed by atoms with Gasteiger partial charge in [-0.1, -0.05) is 77.4 Å². The lowest BCUT2D eigenvalue weighted by Crippen LogP contribution is -2.46. The minimum atomic E-state index is -1.61. The van der Waals surface area contributed by atoms with Gasteiger partial charge in [0.25, 0.3) is 0 Å². The predicted octanol–water partition coefficient (Wildman–Crippen LogP) is 9.14. The quantitative estimate of drug-likeness (QED) is 0.338. The summed E-state index contributed by atoms with van der Waals surface area (Å²) in [5.41, 5.74) is 10.2. The van der Waals surface area contributed by atoms with Crippen molar-refractivity contribution in [2.24, 2.45) is 5.41 Å². The van der Waals surface area contributed by atoms with Crippen molar-refractivity contribution in [2.45, 2.75) is 125 Å². The molecule has 0 aromatic rings. The number of rotatable bonds is 6. The zero-order valence-corrected chi connectivity index (χ0v) is 26.5. The molecule has 4 heteroatoms. The van der Waals surface area contributed by atoms with Crippen molar-refractivity contribution >= 4 is 16.1 Å². The first-order valence-corrected chi connectivity index (χ1v) is 20.8. The highest BCUT2D eigenvalue weighted by Crippen LogP contribution is 2.56. The Morgan fingerprint density at radius 2 is 0.912 bits per heavy atom. The summed E-state index contributed by atoms with van der Waals surface area (Å²) in [5, 5.41) is 3.53. The first-order chi connectivity index (χ1) is 15.6. The van der Waals surface area contributed by atoms with E-state index in [0.29, 0.717) is 0 Å². The van der Waals surface area contributed by atoms with Crippen LogP contribution < -0.4 is 0 Å². The molecular formula is C30H52O2Si2. The van der Waals surface area contributed by atoms with Crippen LogP contribution in [0.5, 0.6) is 0 Å². The van der Waals surface area contributed by atoms with Crippen molar-refractivity contribution in [3.05, 3.63) is 43.8 Å². The molecule has 1 saturated heterocycles. The summed E-state index contributed by atoms with van der Waals surface area (Å²) in [4.78, 5) is 0. The van der Waals surface area contributed by atoms with Gasteiger partial charge in [0.1, 0.15) is 0 Å². The molecule has 0 bridgehead atoms. The Morgan fingerprint density at radius 1 is 0.588 bits per heavy atom. The summed E-state index contributed by atoms with van der Waals surface area (Å²) in [7, 11) is -3.22. The van der Waals surface area contributed by atoms with Crippen molar-refractivity contribution in [3.8, 4) is 0 Å². The summed E-state index contributed by atoms with van der Waals surface area (Å²) in [6, 6.07) is 0. The molecule has 1 heterocycles. The highest BCUT2D eigenvalue weighted by atomic mass is 28.3. The van der Waals surface area contributed by atoms with Crippen LogP contribution in [0.2, 0.25) is 39.3 Å². The van der Waals surface area contributed by atoms with Crippen molar-refractivity contribution in [1.82, 2.24) is 0 Å². The Hall–Kier alpha value is -0.686. The minimum Gasteiger partial charge on any atom is -0.350 e. The monoisotopic (exact) mass is 500 g/mol. The van der Waals surface area contributed by atoms with Gasteiger partial charge in [-0.15, -0.1) is 0 Å². The Kier molecular flexibility index (Phi) is 7.91. The van der Waals surface area contributed by atoms with Gasteiger partial charge in [0.2, 0.25) is 0 Å². The molecule has 0 saturated carbocycles. The molecular weight excluding hydrogens is 449 g/mol. The van der Waals surface area contributed by atoms with Gasteiger partial charge < -0.3 is 9.47 Å². The topological polar surface area (TPSA) is 18.5 Å².